The molecule has 2 aromatic heterocycles. The summed E-state index contributed by atoms with van der Waals surface area (Å²) in [6.07, 6.45) is 8.82. The fourth-order valence-electron chi connectivity index (χ4n) is 2.45. The van der Waals surface area contributed by atoms with Crippen molar-refractivity contribution in [2.75, 3.05) is 0 Å². The number of nitrogens with two attached hydrogens (primary N) is 1. The number of hydrogen-bond donors (Lipinski definition) is 2. The van der Waals surface area contributed by atoms with Gasteiger partial charge in [-0.05, 0) is 18.9 Å². The van der Waals surface area contributed by atoms with Crippen LogP contribution in [0.3, 0.4) is 0 Å². The molecule has 6 nitrogen and oxygen atoms in total. The van der Waals surface area contributed by atoms with Crippen LogP contribution < -0.4 is 11.3 Å². The second-order valence-corrected chi connectivity index (χ2v) is 5.13. The van der Waals surface area contributed by atoms with Crippen molar-refractivity contribution in [1.29, 1.82) is 0 Å². The molecule has 2 rings (SSSR count). The Kier molecular flexibility index (Phi) is 4.92. The van der Waals surface area contributed by atoms with E-state index in [4.69, 9.17) is 5.84 Å². The Bertz CT molecular complexity index is 525. The van der Waals surface area contributed by atoms with Crippen LogP contribution >= 0.6 is 0 Å². The van der Waals surface area contributed by atoms with E-state index in [1.807, 2.05) is 19.4 Å². The smallest absolute Gasteiger partial charge is 0.0644 e. The molecular formula is C14H24N6. The average Bonchev–Trinajstić information content (AvgIpc) is 3.07. The van der Waals surface area contributed by atoms with Gasteiger partial charge < -0.3 is 0 Å². The SMILES string of the molecule is CCC(CC)n1ccc(CC(NN)c2cnn(C)c2)n1. The molecule has 6 heteroatoms. The zero-order valence-electron chi connectivity index (χ0n) is 12.5. The zero-order valence-corrected chi connectivity index (χ0v) is 12.5. The summed E-state index contributed by atoms with van der Waals surface area (Å²) >= 11 is 0. The zero-order chi connectivity index (χ0) is 14.5. The van der Waals surface area contributed by atoms with Gasteiger partial charge in [0.25, 0.3) is 0 Å². The molecule has 20 heavy (non-hydrogen) atoms. The van der Waals surface area contributed by atoms with Crippen molar-refractivity contribution in [3.63, 3.8) is 0 Å². The van der Waals surface area contributed by atoms with Crippen molar-refractivity contribution in [2.24, 2.45) is 12.9 Å². The summed E-state index contributed by atoms with van der Waals surface area (Å²) in [5, 5.41) is 8.85. The normalized spacial score (nSPS) is 13.1. The van der Waals surface area contributed by atoms with Gasteiger partial charge >= 0.3 is 0 Å². The molecule has 3 N–H and O–H groups in total. The fourth-order valence-corrected chi connectivity index (χ4v) is 2.45. The molecule has 0 saturated heterocycles. The molecule has 1 atom stereocenters. The second kappa shape index (κ2) is 6.67. The highest BCUT2D eigenvalue weighted by atomic mass is 15.3. The van der Waals surface area contributed by atoms with Gasteiger partial charge in [-0.1, -0.05) is 13.8 Å². The van der Waals surface area contributed by atoms with Crippen molar-refractivity contribution >= 4 is 0 Å². The third-order valence-electron chi connectivity index (χ3n) is 3.72. The first-order chi connectivity index (χ1) is 9.67. The van der Waals surface area contributed by atoms with Gasteiger partial charge in [0, 0.05) is 31.4 Å². The highest BCUT2D eigenvalue weighted by molar-refractivity contribution is 5.14. The predicted octanol–water partition coefficient (Wildman–Crippen LogP) is 1.72. The minimum atomic E-state index is 0.0359. The number of aryl methyl sites for hydroxylation is 1. The lowest BCUT2D eigenvalue weighted by Crippen LogP contribution is -2.29. The lowest BCUT2D eigenvalue weighted by atomic mass is 10.1. The van der Waals surface area contributed by atoms with Gasteiger partial charge in [0.2, 0.25) is 0 Å². The molecule has 0 aliphatic heterocycles. The minimum Gasteiger partial charge on any atom is -0.275 e. The van der Waals surface area contributed by atoms with Gasteiger partial charge in [0.1, 0.15) is 0 Å². The van der Waals surface area contributed by atoms with E-state index in [-0.39, 0.29) is 6.04 Å². The van der Waals surface area contributed by atoms with Gasteiger partial charge in [0.05, 0.1) is 24.0 Å². The summed E-state index contributed by atoms with van der Waals surface area (Å²) in [4.78, 5) is 0. The highest BCUT2D eigenvalue weighted by Crippen LogP contribution is 2.18. The van der Waals surface area contributed by atoms with Crippen molar-refractivity contribution in [3.8, 4) is 0 Å². The van der Waals surface area contributed by atoms with Crippen LogP contribution in [0.25, 0.3) is 0 Å². The number of rotatable bonds is 7. The summed E-state index contributed by atoms with van der Waals surface area (Å²) in [7, 11) is 1.90. The Hall–Kier alpha value is -1.66. The quantitative estimate of drug-likeness (QED) is 0.596. The maximum absolute atomic E-state index is 5.66. The number of nitrogens with zero attached hydrogens (tertiary/aromatic N) is 4. The van der Waals surface area contributed by atoms with E-state index in [1.165, 1.54) is 0 Å². The molecule has 0 saturated carbocycles. The summed E-state index contributed by atoms with van der Waals surface area (Å²) in [5.74, 6) is 5.66. The summed E-state index contributed by atoms with van der Waals surface area (Å²) in [6, 6.07) is 2.58. The second-order valence-electron chi connectivity index (χ2n) is 5.13. The lowest BCUT2D eigenvalue weighted by molar-refractivity contribution is 0.422. The van der Waals surface area contributed by atoms with Crippen LogP contribution in [-0.2, 0) is 13.5 Å². The van der Waals surface area contributed by atoms with Gasteiger partial charge in [-0.3, -0.25) is 20.6 Å². The van der Waals surface area contributed by atoms with E-state index >= 15 is 0 Å². The third kappa shape index (κ3) is 3.26. The van der Waals surface area contributed by atoms with Gasteiger partial charge in [-0.25, -0.2) is 0 Å². The summed E-state index contributed by atoms with van der Waals surface area (Å²) < 4.78 is 3.84. The first kappa shape index (κ1) is 14.7. The molecule has 2 aromatic rings. The average molecular weight is 276 g/mol. The number of hydrogen-bond acceptors (Lipinski definition) is 4. The van der Waals surface area contributed by atoms with Crippen molar-refractivity contribution < 1.29 is 0 Å². The van der Waals surface area contributed by atoms with Crippen LogP contribution in [-0.4, -0.2) is 19.6 Å². The van der Waals surface area contributed by atoms with E-state index in [0.717, 1.165) is 30.5 Å². The molecule has 0 aliphatic carbocycles. The first-order valence-electron chi connectivity index (χ1n) is 7.16. The van der Waals surface area contributed by atoms with Crippen molar-refractivity contribution in [3.05, 3.63) is 35.9 Å². The molecule has 0 spiro atoms. The Morgan fingerprint density at radius 1 is 1.35 bits per heavy atom. The van der Waals surface area contributed by atoms with Crippen LogP contribution in [0.15, 0.2) is 24.7 Å². The lowest BCUT2D eigenvalue weighted by Gasteiger charge is -2.14. The summed E-state index contributed by atoms with van der Waals surface area (Å²) in [5.41, 5.74) is 4.97. The molecule has 110 valence electrons. The Labute approximate surface area is 119 Å². The van der Waals surface area contributed by atoms with Crippen LogP contribution in [0, 0.1) is 0 Å². The maximum atomic E-state index is 5.66. The van der Waals surface area contributed by atoms with E-state index in [9.17, 15) is 0 Å². The molecule has 0 radical (unpaired) electrons. The molecule has 0 fully saturated rings. The molecule has 0 amide bonds. The van der Waals surface area contributed by atoms with Gasteiger partial charge in [0.15, 0.2) is 0 Å². The molecule has 1 unspecified atom stereocenters. The minimum absolute atomic E-state index is 0.0359. The highest BCUT2D eigenvalue weighted by Gasteiger charge is 2.15. The topological polar surface area (TPSA) is 73.7 Å². The monoisotopic (exact) mass is 276 g/mol. The van der Waals surface area contributed by atoms with Gasteiger partial charge in [-0.15, -0.1) is 0 Å². The molecular weight excluding hydrogens is 252 g/mol. The van der Waals surface area contributed by atoms with E-state index in [0.29, 0.717) is 6.04 Å². The van der Waals surface area contributed by atoms with E-state index in [1.54, 1.807) is 4.68 Å². The largest absolute Gasteiger partial charge is 0.275 e. The number of hydrazine groups is 1. The molecule has 0 aliphatic rings. The summed E-state index contributed by atoms with van der Waals surface area (Å²) in [6.45, 7) is 4.38. The van der Waals surface area contributed by atoms with Crippen LogP contribution in [0.4, 0.5) is 0 Å². The van der Waals surface area contributed by atoms with E-state index < -0.39 is 0 Å². The third-order valence-corrected chi connectivity index (χ3v) is 3.72. The Morgan fingerprint density at radius 3 is 2.65 bits per heavy atom. The standard InChI is InChI=1S/C14H24N6/c1-4-13(5-2)20-7-6-12(18-20)8-14(17-15)11-9-16-19(3)10-11/h6-7,9-10,13-14,17H,4-5,8,15H2,1-3H3. The van der Waals surface area contributed by atoms with Gasteiger partial charge in [-0.2, -0.15) is 10.2 Å². The Morgan fingerprint density at radius 2 is 2.10 bits per heavy atom. The first-order valence-corrected chi connectivity index (χ1v) is 7.16. The maximum Gasteiger partial charge on any atom is 0.0644 e. The number of aromatic nitrogens is 4. The predicted molar refractivity (Wildman–Crippen MR) is 78.8 cm³/mol. The van der Waals surface area contributed by atoms with Crippen molar-refractivity contribution in [2.45, 2.75) is 45.2 Å². The van der Waals surface area contributed by atoms with Crippen LogP contribution in [0.2, 0.25) is 0 Å². The molecule has 0 bridgehead atoms. The van der Waals surface area contributed by atoms with Crippen molar-refractivity contribution in [1.82, 2.24) is 25.0 Å². The van der Waals surface area contributed by atoms with E-state index in [2.05, 4.69) is 46.4 Å². The van der Waals surface area contributed by atoms with Crippen LogP contribution in [0.1, 0.15) is 50.0 Å². The molecule has 0 aromatic carbocycles. The molecule has 2 heterocycles. The Balaban J connectivity index is 2.08. The fraction of sp³-hybridized carbons (Fsp3) is 0.571. The van der Waals surface area contributed by atoms with Crippen LogP contribution in [0.5, 0.6) is 0 Å². The number of nitrogens with one attached hydrogen (secondary N) is 1.